The standard InChI is InChI=1S/C22H30O5/c1-3-5-6-16-25-18-12-14-20(15-13-18)27-22(24)17-8-10-19(11-9-17)26-21(23)7-4-2/h4,7,12-15,17,19H,3,5-6,8-11,16H2,1-2H3/t17-,19-. The monoisotopic (exact) mass is 374 g/mol. The van der Waals surface area contributed by atoms with Crippen molar-refractivity contribution < 1.29 is 23.8 Å². The number of unbranched alkanes of at least 4 members (excludes halogenated alkanes) is 2. The third-order valence-corrected chi connectivity index (χ3v) is 4.65. The van der Waals surface area contributed by atoms with Crippen molar-refractivity contribution in [3.63, 3.8) is 0 Å². The Bertz CT molecular complexity index is 612. The van der Waals surface area contributed by atoms with E-state index in [9.17, 15) is 9.59 Å². The van der Waals surface area contributed by atoms with Crippen LogP contribution >= 0.6 is 0 Å². The van der Waals surface area contributed by atoms with E-state index in [4.69, 9.17) is 14.2 Å². The molecule has 0 radical (unpaired) electrons. The Hall–Kier alpha value is -2.30. The lowest BCUT2D eigenvalue weighted by molar-refractivity contribution is -0.147. The van der Waals surface area contributed by atoms with Crippen molar-refractivity contribution in [1.29, 1.82) is 0 Å². The first-order valence-electron chi connectivity index (χ1n) is 9.90. The molecule has 0 bridgehead atoms. The van der Waals surface area contributed by atoms with Crippen molar-refractivity contribution >= 4 is 11.9 Å². The fourth-order valence-corrected chi connectivity index (χ4v) is 3.10. The van der Waals surface area contributed by atoms with E-state index in [1.54, 1.807) is 25.1 Å². The Labute approximate surface area is 161 Å². The fraction of sp³-hybridized carbons (Fsp3) is 0.545. The van der Waals surface area contributed by atoms with Crippen LogP contribution in [0.2, 0.25) is 0 Å². The van der Waals surface area contributed by atoms with Gasteiger partial charge in [-0.1, -0.05) is 25.8 Å². The molecule has 1 fully saturated rings. The smallest absolute Gasteiger partial charge is 0.330 e. The van der Waals surface area contributed by atoms with Crippen LogP contribution in [0.5, 0.6) is 11.5 Å². The zero-order chi connectivity index (χ0) is 19.5. The molecule has 0 aliphatic heterocycles. The van der Waals surface area contributed by atoms with Gasteiger partial charge in [-0.25, -0.2) is 4.79 Å². The molecular weight excluding hydrogens is 344 g/mol. The maximum Gasteiger partial charge on any atom is 0.330 e. The molecule has 5 nitrogen and oxygen atoms in total. The first-order chi connectivity index (χ1) is 13.1. The third-order valence-electron chi connectivity index (χ3n) is 4.65. The van der Waals surface area contributed by atoms with Gasteiger partial charge in [-0.2, -0.15) is 0 Å². The van der Waals surface area contributed by atoms with Crippen LogP contribution in [0.25, 0.3) is 0 Å². The number of hydrogen-bond donors (Lipinski definition) is 0. The first kappa shape index (κ1) is 21.0. The second-order valence-corrected chi connectivity index (χ2v) is 6.86. The lowest BCUT2D eigenvalue weighted by Gasteiger charge is -2.26. The summed E-state index contributed by atoms with van der Waals surface area (Å²) in [4.78, 5) is 23.8. The normalized spacial score (nSPS) is 19.6. The summed E-state index contributed by atoms with van der Waals surface area (Å²) in [6.45, 7) is 4.64. The Kier molecular flexibility index (Phi) is 8.89. The van der Waals surface area contributed by atoms with Crippen LogP contribution in [-0.4, -0.2) is 24.6 Å². The predicted molar refractivity (Wildman–Crippen MR) is 104 cm³/mol. The summed E-state index contributed by atoms with van der Waals surface area (Å²) >= 11 is 0. The third kappa shape index (κ3) is 7.45. The van der Waals surface area contributed by atoms with Crippen LogP contribution in [0.15, 0.2) is 36.4 Å². The number of hydrogen-bond acceptors (Lipinski definition) is 5. The highest BCUT2D eigenvalue weighted by Crippen LogP contribution is 2.28. The molecular formula is C22H30O5. The lowest BCUT2D eigenvalue weighted by atomic mass is 9.87. The van der Waals surface area contributed by atoms with Gasteiger partial charge in [-0.3, -0.25) is 4.79 Å². The zero-order valence-electron chi connectivity index (χ0n) is 16.3. The van der Waals surface area contributed by atoms with Crippen LogP contribution in [0.1, 0.15) is 58.8 Å². The average molecular weight is 374 g/mol. The number of rotatable bonds is 9. The molecule has 148 valence electrons. The van der Waals surface area contributed by atoms with Crippen LogP contribution in [-0.2, 0) is 14.3 Å². The van der Waals surface area contributed by atoms with E-state index in [1.807, 2.05) is 12.1 Å². The van der Waals surface area contributed by atoms with Gasteiger partial charge in [0.15, 0.2) is 0 Å². The van der Waals surface area contributed by atoms with Gasteiger partial charge in [-0.05, 0) is 63.3 Å². The predicted octanol–water partition coefficient (Wildman–Crippen LogP) is 4.84. The Morgan fingerprint density at radius 2 is 1.70 bits per heavy atom. The van der Waals surface area contributed by atoms with Gasteiger partial charge >= 0.3 is 11.9 Å². The van der Waals surface area contributed by atoms with Crippen molar-refractivity contribution in [3.8, 4) is 11.5 Å². The van der Waals surface area contributed by atoms with E-state index in [0.29, 0.717) is 38.0 Å². The number of allylic oxidation sites excluding steroid dienone is 1. The fourth-order valence-electron chi connectivity index (χ4n) is 3.10. The van der Waals surface area contributed by atoms with E-state index in [-0.39, 0.29) is 24.0 Å². The quantitative estimate of drug-likeness (QED) is 0.268. The van der Waals surface area contributed by atoms with Crippen molar-refractivity contribution in [2.24, 2.45) is 5.92 Å². The molecule has 1 aliphatic carbocycles. The first-order valence-corrected chi connectivity index (χ1v) is 9.90. The molecule has 0 N–H and O–H groups in total. The molecule has 0 aromatic heterocycles. The molecule has 1 aromatic carbocycles. The van der Waals surface area contributed by atoms with Crippen molar-refractivity contribution in [2.75, 3.05) is 6.61 Å². The molecule has 27 heavy (non-hydrogen) atoms. The SMILES string of the molecule is CC=CC(=O)O[C@H]1CC[C@H](C(=O)Oc2ccc(OCCCCC)cc2)CC1. The summed E-state index contributed by atoms with van der Waals surface area (Å²) in [7, 11) is 0. The number of carbonyl (C=O) groups excluding carboxylic acids is 2. The van der Waals surface area contributed by atoms with Crippen molar-refractivity contribution in [2.45, 2.75) is 64.9 Å². The Morgan fingerprint density at radius 1 is 1.04 bits per heavy atom. The van der Waals surface area contributed by atoms with E-state index in [1.165, 1.54) is 12.5 Å². The van der Waals surface area contributed by atoms with Crippen LogP contribution in [0.4, 0.5) is 0 Å². The minimum atomic E-state index is -0.319. The van der Waals surface area contributed by atoms with Gasteiger partial charge in [0, 0.05) is 6.08 Å². The molecule has 0 amide bonds. The maximum atomic E-state index is 12.4. The molecule has 1 saturated carbocycles. The molecule has 1 aliphatic rings. The molecule has 1 aromatic rings. The van der Waals surface area contributed by atoms with E-state index in [0.717, 1.165) is 18.6 Å². The van der Waals surface area contributed by atoms with Gasteiger partial charge in [0.2, 0.25) is 0 Å². The second-order valence-electron chi connectivity index (χ2n) is 6.86. The molecule has 0 saturated heterocycles. The maximum absolute atomic E-state index is 12.4. The average Bonchev–Trinajstić information content (AvgIpc) is 2.67. The number of ether oxygens (including phenoxy) is 3. The number of benzene rings is 1. The molecule has 0 heterocycles. The molecule has 0 atom stereocenters. The highest BCUT2D eigenvalue weighted by molar-refractivity contribution is 5.82. The highest BCUT2D eigenvalue weighted by Gasteiger charge is 2.29. The topological polar surface area (TPSA) is 61.8 Å². The summed E-state index contributed by atoms with van der Waals surface area (Å²) < 4.78 is 16.5. The number of esters is 2. The summed E-state index contributed by atoms with van der Waals surface area (Å²) in [5.74, 6) is 0.633. The minimum absolute atomic E-state index is 0.109. The zero-order valence-corrected chi connectivity index (χ0v) is 16.3. The van der Waals surface area contributed by atoms with E-state index in [2.05, 4.69) is 6.92 Å². The molecule has 5 heteroatoms. The summed E-state index contributed by atoms with van der Waals surface area (Å²) in [6, 6.07) is 7.17. The van der Waals surface area contributed by atoms with E-state index >= 15 is 0 Å². The van der Waals surface area contributed by atoms with Gasteiger partial charge < -0.3 is 14.2 Å². The summed E-state index contributed by atoms with van der Waals surface area (Å²) in [5, 5.41) is 0. The highest BCUT2D eigenvalue weighted by atomic mass is 16.5. The molecule has 0 spiro atoms. The van der Waals surface area contributed by atoms with Crippen LogP contribution in [0.3, 0.4) is 0 Å². The molecule has 2 rings (SSSR count). The van der Waals surface area contributed by atoms with Crippen LogP contribution < -0.4 is 9.47 Å². The Balaban J connectivity index is 1.73. The Morgan fingerprint density at radius 3 is 2.33 bits per heavy atom. The van der Waals surface area contributed by atoms with Gasteiger partial charge in [0.05, 0.1) is 12.5 Å². The van der Waals surface area contributed by atoms with Gasteiger partial charge in [-0.15, -0.1) is 0 Å². The van der Waals surface area contributed by atoms with E-state index < -0.39 is 0 Å². The van der Waals surface area contributed by atoms with Gasteiger partial charge in [0.1, 0.15) is 17.6 Å². The van der Waals surface area contributed by atoms with Crippen molar-refractivity contribution in [3.05, 3.63) is 36.4 Å². The number of carbonyl (C=O) groups is 2. The van der Waals surface area contributed by atoms with Crippen molar-refractivity contribution in [1.82, 2.24) is 0 Å². The summed E-state index contributed by atoms with van der Waals surface area (Å²) in [5.41, 5.74) is 0. The summed E-state index contributed by atoms with van der Waals surface area (Å²) in [6.07, 6.45) is 9.05. The van der Waals surface area contributed by atoms with Crippen LogP contribution in [0, 0.1) is 5.92 Å². The lowest BCUT2D eigenvalue weighted by Crippen LogP contribution is -2.29. The second kappa shape index (κ2) is 11.4. The largest absolute Gasteiger partial charge is 0.494 e. The molecule has 0 unspecified atom stereocenters. The minimum Gasteiger partial charge on any atom is -0.494 e. The van der Waals surface area contributed by atoms with Gasteiger partial charge in [0.25, 0.3) is 0 Å².